The number of hydrogen-bond acceptors (Lipinski definition) is 5. The van der Waals surface area contributed by atoms with Crippen molar-refractivity contribution in [3.05, 3.63) is 23.3 Å². The van der Waals surface area contributed by atoms with Gasteiger partial charge in [0, 0.05) is 18.7 Å². The lowest BCUT2D eigenvalue weighted by atomic mass is 10.1. The van der Waals surface area contributed by atoms with E-state index < -0.39 is 28.1 Å². The number of rotatable bonds is 3. The topological polar surface area (TPSA) is 127 Å². The van der Waals surface area contributed by atoms with Crippen LogP contribution in [0.3, 0.4) is 0 Å². The van der Waals surface area contributed by atoms with Crippen molar-refractivity contribution >= 4 is 21.6 Å². The molecule has 1 aromatic rings. The van der Waals surface area contributed by atoms with E-state index in [9.17, 15) is 18.3 Å². The molecule has 2 atom stereocenters. The minimum absolute atomic E-state index is 0.00884. The SMILES string of the molecule is Cc1cc(N)cc(S(=O)(=O)N2CC(O)CC2C(N)=O)c1C. The molecule has 1 aliphatic rings. The maximum atomic E-state index is 12.8. The van der Waals surface area contributed by atoms with Crippen molar-refractivity contribution in [3.63, 3.8) is 0 Å². The zero-order valence-electron chi connectivity index (χ0n) is 11.9. The number of benzene rings is 1. The highest BCUT2D eigenvalue weighted by Gasteiger charge is 2.43. The second kappa shape index (κ2) is 5.28. The van der Waals surface area contributed by atoms with Gasteiger partial charge in [-0.3, -0.25) is 4.79 Å². The van der Waals surface area contributed by atoms with Crippen LogP contribution in [0.4, 0.5) is 5.69 Å². The molecule has 1 fully saturated rings. The summed E-state index contributed by atoms with van der Waals surface area (Å²) >= 11 is 0. The summed E-state index contributed by atoms with van der Waals surface area (Å²) in [5.41, 5.74) is 12.6. The molecular formula is C13H19N3O4S. The van der Waals surface area contributed by atoms with Crippen LogP contribution in [0.5, 0.6) is 0 Å². The Labute approximate surface area is 123 Å². The number of nitrogens with zero attached hydrogens (tertiary/aromatic N) is 1. The Bertz CT molecular complexity index is 687. The fourth-order valence-electron chi connectivity index (χ4n) is 2.56. The Kier molecular flexibility index (Phi) is 3.96. The maximum Gasteiger partial charge on any atom is 0.244 e. The van der Waals surface area contributed by atoms with E-state index >= 15 is 0 Å². The van der Waals surface area contributed by atoms with E-state index in [1.54, 1.807) is 19.9 Å². The Hall–Kier alpha value is -1.64. The van der Waals surface area contributed by atoms with Crippen LogP contribution in [0.25, 0.3) is 0 Å². The number of primary amides is 1. The number of amides is 1. The monoisotopic (exact) mass is 313 g/mol. The highest BCUT2D eigenvalue weighted by Crippen LogP contribution is 2.30. The summed E-state index contributed by atoms with van der Waals surface area (Å²) in [6, 6.07) is 2.00. The van der Waals surface area contributed by atoms with Gasteiger partial charge in [-0.05, 0) is 37.1 Å². The van der Waals surface area contributed by atoms with E-state index in [0.29, 0.717) is 11.3 Å². The first-order valence-corrected chi connectivity index (χ1v) is 7.94. The molecule has 0 saturated carbocycles. The number of carbonyl (C=O) groups excluding carboxylic acids is 1. The van der Waals surface area contributed by atoms with Crippen molar-refractivity contribution in [1.29, 1.82) is 0 Å². The molecule has 5 N–H and O–H groups in total. The van der Waals surface area contributed by atoms with Gasteiger partial charge in [0.1, 0.15) is 6.04 Å². The smallest absolute Gasteiger partial charge is 0.244 e. The lowest BCUT2D eigenvalue weighted by Gasteiger charge is -2.23. The number of carbonyl (C=O) groups is 1. The van der Waals surface area contributed by atoms with E-state index in [4.69, 9.17) is 11.5 Å². The molecular weight excluding hydrogens is 294 g/mol. The van der Waals surface area contributed by atoms with Crippen molar-refractivity contribution in [2.45, 2.75) is 37.3 Å². The summed E-state index contributed by atoms with van der Waals surface area (Å²) in [5.74, 6) is -0.770. The lowest BCUT2D eigenvalue weighted by molar-refractivity contribution is -0.121. The van der Waals surface area contributed by atoms with Crippen LogP contribution in [0.2, 0.25) is 0 Å². The largest absolute Gasteiger partial charge is 0.399 e. The second-order valence-electron chi connectivity index (χ2n) is 5.34. The zero-order chi connectivity index (χ0) is 15.9. The van der Waals surface area contributed by atoms with Crippen molar-refractivity contribution in [1.82, 2.24) is 4.31 Å². The Balaban J connectivity index is 2.54. The first-order chi connectivity index (χ1) is 9.64. The molecule has 7 nitrogen and oxygen atoms in total. The van der Waals surface area contributed by atoms with E-state index in [2.05, 4.69) is 0 Å². The van der Waals surface area contributed by atoms with E-state index in [0.717, 1.165) is 9.87 Å². The van der Waals surface area contributed by atoms with Crippen LogP contribution >= 0.6 is 0 Å². The van der Waals surface area contributed by atoms with Crippen molar-refractivity contribution in [2.24, 2.45) is 5.73 Å². The van der Waals surface area contributed by atoms with E-state index in [1.165, 1.54) is 6.07 Å². The van der Waals surface area contributed by atoms with Crippen LogP contribution in [-0.4, -0.2) is 42.4 Å². The van der Waals surface area contributed by atoms with Gasteiger partial charge in [0.25, 0.3) is 0 Å². The average molecular weight is 313 g/mol. The number of aryl methyl sites for hydroxylation is 1. The molecule has 2 rings (SSSR count). The second-order valence-corrected chi connectivity index (χ2v) is 7.20. The lowest BCUT2D eigenvalue weighted by Crippen LogP contribution is -2.43. The molecule has 1 heterocycles. The molecule has 2 unspecified atom stereocenters. The highest BCUT2D eigenvalue weighted by molar-refractivity contribution is 7.89. The third kappa shape index (κ3) is 2.74. The van der Waals surface area contributed by atoms with Gasteiger partial charge >= 0.3 is 0 Å². The molecule has 0 spiro atoms. The molecule has 1 aliphatic heterocycles. The highest BCUT2D eigenvalue weighted by atomic mass is 32.2. The van der Waals surface area contributed by atoms with Gasteiger partial charge in [0.15, 0.2) is 0 Å². The number of aliphatic hydroxyl groups is 1. The minimum Gasteiger partial charge on any atom is -0.399 e. The number of nitrogen functional groups attached to an aromatic ring is 1. The molecule has 0 bridgehead atoms. The number of sulfonamides is 1. The number of β-amino-alcohol motifs (C(OH)–C–C–N with tert-alkyl or cyclic N) is 1. The van der Waals surface area contributed by atoms with Gasteiger partial charge in [-0.1, -0.05) is 0 Å². The zero-order valence-corrected chi connectivity index (χ0v) is 12.7. The number of aliphatic hydroxyl groups excluding tert-OH is 1. The molecule has 1 aromatic carbocycles. The van der Waals surface area contributed by atoms with Crippen LogP contribution in [0.1, 0.15) is 17.5 Å². The number of anilines is 1. The Morgan fingerprint density at radius 2 is 2.00 bits per heavy atom. The number of nitrogens with two attached hydrogens (primary N) is 2. The normalized spacial score (nSPS) is 23.4. The molecule has 116 valence electrons. The van der Waals surface area contributed by atoms with Crippen molar-refractivity contribution in [2.75, 3.05) is 12.3 Å². The first kappa shape index (κ1) is 15.7. The summed E-state index contributed by atoms with van der Waals surface area (Å²) in [6.45, 7) is 3.28. The molecule has 8 heteroatoms. The van der Waals surface area contributed by atoms with Gasteiger partial charge in [-0.2, -0.15) is 4.31 Å². The first-order valence-electron chi connectivity index (χ1n) is 6.50. The van der Waals surface area contributed by atoms with Crippen LogP contribution in [0.15, 0.2) is 17.0 Å². The van der Waals surface area contributed by atoms with Crippen molar-refractivity contribution in [3.8, 4) is 0 Å². The standard InChI is InChI=1S/C13H19N3O4S/c1-7-3-9(14)4-12(8(7)2)21(19,20)16-6-10(17)5-11(16)13(15)18/h3-4,10-11,17H,5-6,14H2,1-2H3,(H2,15,18). The van der Waals surface area contributed by atoms with Gasteiger partial charge in [0.2, 0.25) is 15.9 Å². The fourth-order valence-corrected chi connectivity index (χ4v) is 4.54. The van der Waals surface area contributed by atoms with Gasteiger partial charge in [0.05, 0.1) is 11.0 Å². The maximum absolute atomic E-state index is 12.8. The Morgan fingerprint density at radius 3 is 2.57 bits per heavy atom. The summed E-state index contributed by atoms with van der Waals surface area (Å²) in [6.07, 6.45) is -0.894. The fraction of sp³-hybridized carbons (Fsp3) is 0.462. The third-order valence-electron chi connectivity index (χ3n) is 3.79. The van der Waals surface area contributed by atoms with Crippen LogP contribution in [0, 0.1) is 13.8 Å². The predicted octanol–water partition coefficient (Wildman–Crippen LogP) is -0.505. The average Bonchev–Trinajstić information content (AvgIpc) is 2.76. The van der Waals surface area contributed by atoms with Crippen LogP contribution < -0.4 is 11.5 Å². The van der Waals surface area contributed by atoms with E-state index in [1.807, 2.05) is 0 Å². The van der Waals surface area contributed by atoms with Gasteiger partial charge in [-0.25, -0.2) is 8.42 Å². The number of hydrogen-bond donors (Lipinski definition) is 3. The summed E-state index contributed by atoms with van der Waals surface area (Å²) < 4.78 is 26.5. The summed E-state index contributed by atoms with van der Waals surface area (Å²) in [4.78, 5) is 11.5. The Morgan fingerprint density at radius 1 is 1.38 bits per heavy atom. The molecule has 0 aliphatic carbocycles. The minimum atomic E-state index is -3.95. The summed E-state index contributed by atoms with van der Waals surface area (Å²) in [7, 11) is -3.95. The molecule has 0 radical (unpaired) electrons. The van der Waals surface area contributed by atoms with Gasteiger partial charge < -0.3 is 16.6 Å². The van der Waals surface area contributed by atoms with Crippen molar-refractivity contribution < 1.29 is 18.3 Å². The van der Waals surface area contributed by atoms with Gasteiger partial charge in [-0.15, -0.1) is 0 Å². The third-order valence-corrected chi connectivity index (χ3v) is 5.79. The van der Waals surface area contributed by atoms with Crippen LogP contribution in [-0.2, 0) is 14.8 Å². The molecule has 0 aromatic heterocycles. The van der Waals surface area contributed by atoms with E-state index in [-0.39, 0.29) is 17.9 Å². The quantitative estimate of drug-likeness (QED) is 0.648. The summed E-state index contributed by atoms with van der Waals surface area (Å²) in [5, 5.41) is 9.67. The molecule has 1 saturated heterocycles. The molecule has 1 amide bonds. The molecule has 21 heavy (non-hydrogen) atoms. The predicted molar refractivity (Wildman–Crippen MR) is 77.8 cm³/mol.